The van der Waals surface area contributed by atoms with Gasteiger partial charge < -0.3 is 4.74 Å². The van der Waals surface area contributed by atoms with E-state index in [0.29, 0.717) is 19.4 Å². The smallest absolute Gasteiger partial charge is 0.138 e. The van der Waals surface area contributed by atoms with E-state index in [1.165, 1.54) is 0 Å². The first-order valence-corrected chi connectivity index (χ1v) is 5.81. The number of fused-ring (bicyclic) bond motifs is 1. The molecule has 0 radical (unpaired) electrons. The van der Waals surface area contributed by atoms with Gasteiger partial charge in [0, 0.05) is 24.4 Å². The highest BCUT2D eigenvalue weighted by molar-refractivity contribution is 5.81. The fourth-order valence-electron chi connectivity index (χ4n) is 2.19. The van der Waals surface area contributed by atoms with Crippen LogP contribution in [-0.4, -0.2) is 17.4 Å². The predicted octanol–water partition coefficient (Wildman–Crippen LogP) is 2.66. The van der Waals surface area contributed by atoms with Crippen LogP contribution in [0.25, 0.3) is 10.9 Å². The lowest BCUT2D eigenvalue weighted by Crippen LogP contribution is -2.19. The number of hydrogen-bond donors (Lipinski definition) is 0. The molecule has 86 valence electrons. The molecular weight excluding hydrogens is 214 g/mol. The lowest BCUT2D eigenvalue weighted by molar-refractivity contribution is -0.128. The van der Waals surface area contributed by atoms with E-state index in [0.717, 1.165) is 16.5 Å². The minimum Gasteiger partial charge on any atom is -0.373 e. The quantitative estimate of drug-likeness (QED) is 0.751. The minimum atomic E-state index is -0.0825. The molecule has 0 spiro atoms. The van der Waals surface area contributed by atoms with E-state index in [2.05, 4.69) is 11.1 Å². The zero-order valence-corrected chi connectivity index (χ0v) is 9.43. The molecule has 3 rings (SSSR count). The number of ether oxygens (including phenoxy) is 1. The molecule has 2 heterocycles. The number of aromatic nitrogens is 1. The fourth-order valence-corrected chi connectivity index (χ4v) is 2.19. The maximum Gasteiger partial charge on any atom is 0.138 e. The SMILES string of the molecule is O=C1CCOC(c2ccc3ncccc3c2)C1. The summed E-state index contributed by atoms with van der Waals surface area (Å²) in [4.78, 5) is 15.7. The first-order chi connectivity index (χ1) is 8.33. The first kappa shape index (κ1) is 10.4. The molecule has 1 atom stereocenters. The summed E-state index contributed by atoms with van der Waals surface area (Å²) in [5.41, 5.74) is 2.04. The van der Waals surface area contributed by atoms with Gasteiger partial charge in [-0.25, -0.2) is 0 Å². The van der Waals surface area contributed by atoms with Crippen molar-refractivity contribution in [3.05, 3.63) is 42.1 Å². The summed E-state index contributed by atoms with van der Waals surface area (Å²) in [6.45, 7) is 0.536. The second kappa shape index (κ2) is 4.26. The summed E-state index contributed by atoms with van der Waals surface area (Å²) in [5.74, 6) is 0.285. The molecule has 2 aromatic rings. The summed E-state index contributed by atoms with van der Waals surface area (Å²) in [5, 5.41) is 1.09. The molecule has 0 amide bonds. The molecular formula is C14H13NO2. The maximum atomic E-state index is 11.4. The van der Waals surface area contributed by atoms with Gasteiger partial charge in [0.15, 0.2) is 0 Å². The molecule has 0 N–H and O–H groups in total. The Labute approximate surface area is 99.4 Å². The Bertz CT molecular complexity index is 565. The van der Waals surface area contributed by atoms with E-state index in [1.807, 2.05) is 24.3 Å². The summed E-state index contributed by atoms with van der Waals surface area (Å²) < 4.78 is 5.64. The Balaban J connectivity index is 1.97. The molecule has 1 aromatic carbocycles. The summed E-state index contributed by atoms with van der Waals surface area (Å²) >= 11 is 0. The molecule has 3 nitrogen and oxygen atoms in total. The number of carbonyl (C=O) groups excluding carboxylic acids is 1. The van der Waals surface area contributed by atoms with Crippen molar-refractivity contribution in [2.45, 2.75) is 18.9 Å². The van der Waals surface area contributed by atoms with Crippen molar-refractivity contribution in [3.8, 4) is 0 Å². The van der Waals surface area contributed by atoms with Crippen molar-refractivity contribution in [2.75, 3.05) is 6.61 Å². The molecule has 1 fully saturated rings. The van der Waals surface area contributed by atoms with Gasteiger partial charge in [-0.1, -0.05) is 12.1 Å². The molecule has 17 heavy (non-hydrogen) atoms. The molecule has 0 aliphatic carbocycles. The number of pyridine rings is 1. The van der Waals surface area contributed by atoms with Crippen LogP contribution in [0, 0.1) is 0 Å². The van der Waals surface area contributed by atoms with Gasteiger partial charge >= 0.3 is 0 Å². The number of hydrogen-bond acceptors (Lipinski definition) is 3. The number of benzene rings is 1. The highest BCUT2D eigenvalue weighted by atomic mass is 16.5. The fraction of sp³-hybridized carbons (Fsp3) is 0.286. The Morgan fingerprint density at radius 1 is 1.29 bits per heavy atom. The number of nitrogens with zero attached hydrogens (tertiary/aromatic N) is 1. The lowest BCUT2D eigenvalue weighted by Gasteiger charge is -2.22. The predicted molar refractivity (Wildman–Crippen MR) is 64.7 cm³/mol. The standard InChI is InChI=1S/C14H13NO2/c16-12-5-7-17-14(9-12)11-3-4-13-10(8-11)2-1-6-15-13/h1-4,6,8,14H,5,7,9H2. The Morgan fingerprint density at radius 3 is 3.12 bits per heavy atom. The van der Waals surface area contributed by atoms with Crippen molar-refractivity contribution < 1.29 is 9.53 Å². The van der Waals surface area contributed by atoms with E-state index in [9.17, 15) is 4.79 Å². The Hall–Kier alpha value is -1.74. The first-order valence-electron chi connectivity index (χ1n) is 5.81. The molecule has 1 aliphatic rings. The second-order valence-corrected chi connectivity index (χ2v) is 4.31. The normalized spacial score (nSPS) is 20.7. The van der Waals surface area contributed by atoms with Crippen LogP contribution in [0.5, 0.6) is 0 Å². The molecule has 0 saturated carbocycles. The van der Waals surface area contributed by atoms with Crippen molar-refractivity contribution in [1.29, 1.82) is 0 Å². The summed E-state index contributed by atoms with van der Waals surface area (Å²) in [6, 6.07) is 9.98. The van der Waals surface area contributed by atoms with Crippen LogP contribution in [0.2, 0.25) is 0 Å². The van der Waals surface area contributed by atoms with Crippen molar-refractivity contribution in [1.82, 2.24) is 4.98 Å². The largest absolute Gasteiger partial charge is 0.373 e. The zero-order chi connectivity index (χ0) is 11.7. The van der Waals surface area contributed by atoms with Gasteiger partial charge in [0.1, 0.15) is 5.78 Å². The van der Waals surface area contributed by atoms with Crippen molar-refractivity contribution in [3.63, 3.8) is 0 Å². The highest BCUT2D eigenvalue weighted by Gasteiger charge is 2.21. The Kier molecular flexibility index (Phi) is 2.61. The number of ketones is 1. The molecule has 1 unspecified atom stereocenters. The van der Waals surface area contributed by atoms with Crippen LogP contribution in [0.15, 0.2) is 36.5 Å². The van der Waals surface area contributed by atoms with Crippen LogP contribution < -0.4 is 0 Å². The van der Waals surface area contributed by atoms with Gasteiger partial charge in [0.05, 0.1) is 18.2 Å². The van der Waals surface area contributed by atoms with Crippen LogP contribution >= 0.6 is 0 Å². The van der Waals surface area contributed by atoms with Crippen LogP contribution in [0.4, 0.5) is 0 Å². The Morgan fingerprint density at radius 2 is 2.24 bits per heavy atom. The van der Waals surface area contributed by atoms with Gasteiger partial charge in [-0.2, -0.15) is 0 Å². The second-order valence-electron chi connectivity index (χ2n) is 4.31. The summed E-state index contributed by atoms with van der Waals surface area (Å²) in [6.07, 6.45) is 2.74. The average molecular weight is 227 g/mol. The highest BCUT2D eigenvalue weighted by Crippen LogP contribution is 2.27. The van der Waals surface area contributed by atoms with Gasteiger partial charge in [-0.3, -0.25) is 9.78 Å². The van der Waals surface area contributed by atoms with Crippen molar-refractivity contribution >= 4 is 16.7 Å². The topological polar surface area (TPSA) is 39.2 Å². The van der Waals surface area contributed by atoms with Crippen LogP contribution in [0.3, 0.4) is 0 Å². The average Bonchev–Trinajstić information content (AvgIpc) is 2.38. The number of Topliss-reactive ketones (excluding diaryl/α,β-unsaturated/α-hetero) is 1. The molecule has 3 heteroatoms. The zero-order valence-electron chi connectivity index (χ0n) is 9.43. The van der Waals surface area contributed by atoms with Crippen LogP contribution in [0.1, 0.15) is 24.5 Å². The van der Waals surface area contributed by atoms with Gasteiger partial charge in [-0.05, 0) is 23.8 Å². The lowest BCUT2D eigenvalue weighted by atomic mass is 9.99. The van der Waals surface area contributed by atoms with E-state index in [4.69, 9.17) is 4.74 Å². The van der Waals surface area contributed by atoms with Gasteiger partial charge in [-0.15, -0.1) is 0 Å². The van der Waals surface area contributed by atoms with Gasteiger partial charge in [0.25, 0.3) is 0 Å². The van der Waals surface area contributed by atoms with E-state index in [1.54, 1.807) is 6.20 Å². The number of carbonyl (C=O) groups is 1. The van der Waals surface area contributed by atoms with Crippen LogP contribution in [-0.2, 0) is 9.53 Å². The molecule has 1 saturated heterocycles. The third-order valence-electron chi connectivity index (χ3n) is 3.11. The third-order valence-corrected chi connectivity index (χ3v) is 3.11. The maximum absolute atomic E-state index is 11.4. The third kappa shape index (κ3) is 2.06. The molecule has 0 bridgehead atoms. The van der Waals surface area contributed by atoms with E-state index >= 15 is 0 Å². The number of rotatable bonds is 1. The van der Waals surface area contributed by atoms with E-state index in [-0.39, 0.29) is 11.9 Å². The van der Waals surface area contributed by atoms with E-state index < -0.39 is 0 Å². The molecule has 1 aliphatic heterocycles. The minimum absolute atomic E-state index is 0.0825. The molecule has 1 aromatic heterocycles. The monoisotopic (exact) mass is 227 g/mol. The van der Waals surface area contributed by atoms with Gasteiger partial charge in [0.2, 0.25) is 0 Å². The van der Waals surface area contributed by atoms with Crippen molar-refractivity contribution in [2.24, 2.45) is 0 Å². The summed E-state index contributed by atoms with van der Waals surface area (Å²) in [7, 11) is 0.